The van der Waals surface area contributed by atoms with Crippen molar-refractivity contribution in [3.63, 3.8) is 0 Å². The highest BCUT2D eigenvalue weighted by molar-refractivity contribution is 5.61. The van der Waals surface area contributed by atoms with E-state index >= 15 is 0 Å². The van der Waals surface area contributed by atoms with Crippen molar-refractivity contribution < 1.29 is 9.13 Å². The molecule has 1 saturated heterocycles. The first kappa shape index (κ1) is 14.7. The fourth-order valence-corrected chi connectivity index (χ4v) is 2.94. The van der Waals surface area contributed by atoms with Crippen LogP contribution in [0.2, 0.25) is 0 Å². The first-order valence-electron chi connectivity index (χ1n) is 7.58. The Morgan fingerprint density at radius 2 is 1.55 bits per heavy atom. The van der Waals surface area contributed by atoms with Crippen molar-refractivity contribution in [2.75, 3.05) is 43.1 Å². The van der Waals surface area contributed by atoms with Crippen LogP contribution in [-0.2, 0) is 0 Å². The maximum Gasteiger partial charge on any atom is 0.146 e. The molecule has 0 unspecified atom stereocenters. The highest BCUT2D eigenvalue weighted by Crippen LogP contribution is 2.31. The second-order valence-electron chi connectivity index (χ2n) is 5.60. The number of aryl methyl sites for hydroxylation is 1. The number of anilines is 2. The molecule has 0 atom stereocenters. The first-order chi connectivity index (χ1) is 10.7. The molecule has 0 amide bonds. The lowest BCUT2D eigenvalue weighted by Gasteiger charge is -2.38. The molecule has 0 radical (unpaired) electrons. The number of methoxy groups -OCH3 is 1. The Bertz CT molecular complexity index is 651. The van der Waals surface area contributed by atoms with Crippen LogP contribution in [0.3, 0.4) is 0 Å². The largest absolute Gasteiger partial charge is 0.495 e. The van der Waals surface area contributed by atoms with Crippen LogP contribution in [-0.4, -0.2) is 33.3 Å². The summed E-state index contributed by atoms with van der Waals surface area (Å²) in [6.45, 7) is 5.40. The van der Waals surface area contributed by atoms with Gasteiger partial charge in [0.25, 0.3) is 0 Å². The van der Waals surface area contributed by atoms with Gasteiger partial charge in [0.05, 0.1) is 18.5 Å². The molecule has 3 rings (SSSR count). The van der Waals surface area contributed by atoms with Crippen molar-refractivity contribution in [2.45, 2.75) is 6.92 Å². The lowest BCUT2D eigenvalue weighted by atomic mass is 10.1. The number of piperazine rings is 1. The molecule has 0 aliphatic carbocycles. The smallest absolute Gasteiger partial charge is 0.146 e. The fraction of sp³-hybridized carbons (Fsp3) is 0.333. The molecular formula is C18H21FN2O. The molecule has 1 aliphatic rings. The molecule has 22 heavy (non-hydrogen) atoms. The van der Waals surface area contributed by atoms with Crippen molar-refractivity contribution in [2.24, 2.45) is 0 Å². The Morgan fingerprint density at radius 1 is 0.909 bits per heavy atom. The summed E-state index contributed by atoms with van der Waals surface area (Å²) >= 11 is 0. The van der Waals surface area contributed by atoms with Crippen molar-refractivity contribution in [1.82, 2.24) is 0 Å². The minimum absolute atomic E-state index is 0.149. The van der Waals surface area contributed by atoms with Crippen molar-refractivity contribution in [3.8, 4) is 5.75 Å². The molecule has 4 heteroatoms. The lowest BCUT2D eigenvalue weighted by Crippen LogP contribution is -2.47. The van der Waals surface area contributed by atoms with Crippen LogP contribution < -0.4 is 14.5 Å². The third-order valence-corrected chi connectivity index (χ3v) is 4.15. The summed E-state index contributed by atoms with van der Waals surface area (Å²) in [6.07, 6.45) is 0. The van der Waals surface area contributed by atoms with Gasteiger partial charge in [0.2, 0.25) is 0 Å². The van der Waals surface area contributed by atoms with Crippen molar-refractivity contribution >= 4 is 11.4 Å². The van der Waals surface area contributed by atoms with Gasteiger partial charge in [-0.25, -0.2) is 4.39 Å². The molecule has 116 valence electrons. The van der Waals surface area contributed by atoms with Crippen molar-refractivity contribution in [3.05, 3.63) is 53.8 Å². The van der Waals surface area contributed by atoms with E-state index in [0.29, 0.717) is 5.69 Å². The first-order valence-corrected chi connectivity index (χ1v) is 7.58. The number of nitrogens with zero attached hydrogens (tertiary/aromatic N) is 2. The van der Waals surface area contributed by atoms with Gasteiger partial charge < -0.3 is 14.5 Å². The highest BCUT2D eigenvalue weighted by atomic mass is 19.1. The van der Waals surface area contributed by atoms with E-state index in [9.17, 15) is 4.39 Å². The van der Waals surface area contributed by atoms with Gasteiger partial charge in [-0.05, 0) is 36.8 Å². The molecule has 1 fully saturated rings. The van der Waals surface area contributed by atoms with Crippen LogP contribution in [0.15, 0.2) is 42.5 Å². The monoisotopic (exact) mass is 300 g/mol. The summed E-state index contributed by atoms with van der Waals surface area (Å²) in [4.78, 5) is 4.41. The number of halogens is 1. The van der Waals surface area contributed by atoms with Gasteiger partial charge in [0.1, 0.15) is 11.6 Å². The van der Waals surface area contributed by atoms with Gasteiger partial charge in [0.15, 0.2) is 0 Å². The van der Waals surface area contributed by atoms with E-state index in [0.717, 1.165) is 37.6 Å². The summed E-state index contributed by atoms with van der Waals surface area (Å²) < 4.78 is 19.4. The number of rotatable bonds is 3. The molecule has 2 aromatic carbocycles. The quantitative estimate of drug-likeness (QED) is 0.863. The molecular weight excluding hydrogens is 279 g/mol. The Labute approximate surface area is 130 Å². The van der Waals surface area contributed by atoms with E-state index in [4.69, 9.17) is 4.74 Å². The number of hydrogen-bond acceptors (Lipinski definition) is 3. The maximum absolute atomic E-state index is 13.9. The predicted octanol–water partition coefficient (Wildman–Crippen LogP) is 3.47. The van der Waals surface area contributed by atoms with E-state index in [-0.39, 0.29) is 5.82 Å². The number of benzene rings is 2. The van der Waals surface area contributed by atoms with Crippen LogP contribution in [0, 0.1) is 12.7 Å². The van der Waals surface area contributed by atoms with Gasteiger partial charge in [-0.1, -0.05) is 18.2 Å². The molecule has 0 aromatic heterocycles. The summed E-state index contributed by atoms with van der Waals surface area (Å²) in [5, 5.41) is 0. The van der Waals surface area contributed by atoms with Crippen LogP contribution >= 0.6 is 0 Å². The Hall–Kier alpha value is -2.23. The highest BCUT2D eigenvalue weighted by Gasteiger charge is 2.21. The standard InChI is InChI=1S/C18H21FN2O/c1-14-7-8-18(22-2)17(13-14)21-11-9-20(10-12-21)16-6-4-3-5-15(16)19/h3-8,13H,9-12H2,1-2H3. The van der Waals surface area contributed by atoms with Crippen LogP contribution in [0.4, 0.5) is 15.8 Å². The zero-order chi connectivity index (χ0) is 15.5. The zero-order valence-electron chi connectivity index (χ0n) is 13.1. The Kier molecular flexibility index (Phi) is 4.18. The summed E-state index contributed by atoms with van der Waals surface area (Å²) in [7, 11) is 1.70. The lowest BCUT2D eigenvalue weighted by molar-refractivity contribution is 0.413. The number of hydrogen-bond donors (Lipinski definition) is 0. The average molecular weight is 300 g/mol. The molecule has 0 saturated carbocycles. The summed E-state index contributed by atoms with van der Waals surface area (Å²) in [5.41, 5.74) is 3.03. The number of para-hydroxylation sites is 1. The normalized spacial score (nSPS) is 15.0. The molecule has 1 heterocycles. The minimum atomic E-state index is -0.149. The van der Waals surface area contributed by atoms with Crippen molar-refractivity contribution in [1.29, 1.82) is 0 Å². The molecule has 0 bridgehead atoms. The molecule has 1 aliphatic heterocycles. The SMILES string of the molecule is COc1ccc(C)cc1N1CCN(c2ccccc2F)CC1. The maximum atomic E-state index is 13.9. The summed E-state index contributed by atoms with van der Waals surface area (Å²) in [6, 6.07) is 13.2. The minimum Gasteiger partial charge on any atom is -0.495 e. The van der Waals surface area contributed by atoms with Gasteiger partial charge in [-0.2, -0.15) is 0 Å². The van der Waals surface area contributed by atoms with E-state index in [2.05, 4.69) is 28.9 Å². The number of ether oxygens (including phenoxy) is 1. The second-order valence-corrected chi connectivity index (χ2v) is 5.60. The second kappa shape index (κ2) is 6.26. The van der Waals surface area contributed by atoms with E-state index < -0.39 is 0 Å². The van der Waals surface area contributed by atoms with Crippen LogP contribution in [0.1, 0.15) is 5.56 Å². The van der Waals surface area contributed by atoms with Gasteiger partial charge in [-0.3, -0.25) is 0 Å². The third kappa shape index (κ3) is 2.86. The molecule has 0 N–H and O–H groups in total. The molecule has 2 aromatic rings. The molecule has 0 spiro atoms. The van der Waals surface area contributed by atoms with Gasteiger partial charge >= 0.3 is 0 Å². The molecule has 3 nitrogen and oxygen atoms in total. The average Bonchev–Trinajstić information content (AvgIpc) is 2.55. The van der Waals surface area contributed by atoms with E-state index in [1.165, 1.54) is 11.6 Å². The Balaban J connectivity index is 1.75. The summed E-state index contributed by atoms with van der Waals surface area (Å²) in [5.74, 6) is 0.744. The van der Waals surface area contributed by atoms with E-state index in [1.807, 2.05) is 18.2 Å². The van der Waals surface area contributed by atoms with Gasteiger partial charge in [-0.15, -0.1) is 0 Å². The fourth-order valence-electron chi connectivity index (χ4n) is 2.94. The third-order valence-electron chi connectivity index (χ3n) is 4.15. The Morgan fingerprint density at radius 3 is 2.18 bits per heavy atom. The topological polar surface area (TPSA) is 15.7 Å². The van der Waals surface area contributed by atoms with Crippen LogP contribution in [0.25, 0.3) is 0 Å². The van der Waals surface area contributed by atoms with E-state index in [1.54, 1.807) is 13.2 Å². The van der Waals surface area contributed by atoms with Gasteiger partial charge in [0, 0.05) is 26.2 Å². The zero-order valence-corrected chi connectivity index (χ0v) is 13.1. The van der Waals surface area contributed by atoms with Crippen LogP contribution in [0.5, 0.6) is 5.75 Å². The predicted molar refractivity (Wildman–Crippen MR) is 88.6 cm³/mol.